The summed E-state index contributed by atoms with van der Waals surface area (Å²) in [6.07, 6.45) is 15.5. The van der Waals surface area contributed by atoms with E-state index in [9.17, 15) is 18.7 Å². The second-order valence-corrected chi connectivity index (χ2v) is 19.4. The number of unbranched alkanes of at least 4 members (excludes halogenated alkanes) is 9. The molecule has 0 atom stereocenters. The molecule has 0 amide bonds. The molecule has 0 fully saturated rings. The molecule has 12 heteroatoms. The van der Waals surface area contributed by atoms with E-state index in [1.165, 1.54) is 79.1 Å². The number of hydrogen-bond donors (Lipinski definition) is 1. The summed E-state index contributed by atoms with van der Waals surface area (Å²) in [5.41, 5.74) is 8.88. The number of halogens is 2. The van der Waals surface area contributed by atoms with Crippen LogP contribution < -0.4 is 14.2 Å². The number of aromatic carboxylic acids is 1. The minimum atomic E-state index is -1.14. The average Bonchev–Trinajstić information content (AvgIpc) is 4.13. The summed E-state index contributed by atoms with van der Waals surface area (Å²) >= 11 is 0. The van der Waals surface area contributed by atoms with Crippen LogP contribution in [0.25, 0.3) is 66.2 Å². The first-order valence-corrected chi connectivity index (χ1v) is 26.9. The van der Waals surface area contributed by atoms with Gasteiger partial charge in [-0.1, -0.05) is 161 Å². The number of hydrogen-bond acceptors (Lipinski definition) is 6. The molecular weight excluding hydrogens is 1170 g/mol. The normalized spacial score (nSPS) is 11.1. The first-order valence-electron chi connectivity index (χ1n) is 26.9. The van der Waals surface area contributed by atoms with E-state index < -0.39 is 17.6 Å². The van der Waals surface area contributed by atoms with Crippen molar-refractivity contribution in [2.45, 2.75) is 84.3 Å². The third-order valence-electron chi connectivity index (χ3n) is 13.9. The summed E-state index contributed by atoms with van der Waals surface area (Å²) in [7, 11) is 0. The number of ether oxygens (including phenoxy) is 3. The van der Waals surface area contributed by atoms with E-state index in [-0.39, 0.29) is 50.3 Å². The van der Waals surface area contributed by atoms with E-state index in [2.05, 4.69) is 147 Å². The molecule has 11 aromatic rings. The smallest absolute Gasteiger partial charge is 0.358 e. The standard InChI is InChI=1S/C56H55N3O5.C11H6F2N.Ir/c1-2-3-4-5-6-7-8-9-10-19-31-62-44-34-41(39-64-54-29-20-30-57-55(54)56(60)61)35-45(37-44)63-38-40-32-42(58-50-25-15-11-21-46(50)47-22-12-16-26-51(47)58)36-43(33-40)59-52-27-17-13-23-48(52)49-24-14-18-28-53(49)59;12-8-4-5-9(10(13)7-8)11-3-1-2-6-14-11;/h11-18,20-30,32-37H,2-10,19,31,38-39H2,1H3,(H,60,61);1-4,6-7H;/q;-1;. The van der Waals surface area contributed by atoms with Gasteiger partial charge < -0.3 is 33.4 Å². The van der Waals surface area contributed by atoms with E-state index >= 15 is 0 Å². The number of carboxylic acids is 1. The van der Waals surface area contributed by atoms with Gasteiger partial charge in [0.2, 0.25) is 0 Å². The molecule has 11 rings (SSSR count). The van der Waals surface area contributed by atoms with Gasteiger partial charge in [0.05, 0.1) is 28.7 Å². The first kappa shape index (κ1) is 55.6. The van der Waals surface area contributed by atoms with Crippen molar-refractivity contribution in [1.82, 2.24) is 19.1 Å². The van der Waals surface area contributed by atoms with Crippen LogP contribution in [0.1, 0.15) is 92.7 Å². The monoisotopic (exact) mass is 1230 g/mol. The average molecular weight is 1230 g/mol. The van der Waals surface area contributed by atoms with Crippen molar-refractivity contribution in [1.29, 1.82) is 0 Å². The van der Waals surface area contributed by atoms with Crippen molar-refractivity contribution >= 4 is 49.6 Å². The van der Waals surface area contributed by atoms with Gasteiger partial charge in [-0.15, -0.1) is 12.1 Å². The molecule has 0 bridgehead atoms. The molecule has 403 valence electrons. The molecule has 1 radical (unpaired) electrons. The van der Waals surface area contributed by atoms with Crippen molar-refractivity contribution in [3.05, 3.63) is 223 Å². The van der Waals surface area contributed by atoms with Crippen molar-refractivity contribution in [3.8, 4) is 39.9 Å². The van der Waals surface area contributed by atoms with Crippen LogP contribution in [0.4, 0.5) is 8.78 Å². The molecular formula is C67H61F2IrN4O5-. The van der Waals surface area contributed by atoms with Gasteiger partial charge in [0.15, 0.2) is 11.4 Å². The molecule has 9 nitrogen and oxygen atoms in total. The Bertz CT molecular complexity index is 3590. The van der Waals surface area contributed by atoms with E-state index in [0.717, 1.165) is 69.5 Å². The molecule has 4 heterocycles. The Morgan fingerprint density at radius 3 is 1.56 bits per heavy atom. The second-order valence-electron chi connectivity index (χ2n) is 19.4. The van der Waals surface area contributed by atoms with Gasteiger partial charge in [0.25, 0.3) is 0 Å². The third kappa shape index (κ3) is 13.4. The molecule has 0 saturated carbocycles. The zero-order chi connectivity index (χ0) is 53.6. The zero-order valence-electron chi connectivity index (χ0n) is 44.0. The topological polar surface area (TPSA) is 101 Å². The van der Waals surface area contributed by atoms with E-state index in [4.69, 9.17) is 14.2 Å². The van der Waals surface area contributed by atoms with Crippen LogP contribution in [0.5, 0.6) is 17.2 Å². The number of benzene rings is 7. The summed E-state index contributed by atoms with van der Waals surface area (Å²) in [5.74, 6) is -0.915. The number of nitrogens with zero attached hydrogens (tertiary/aromatic N) is 4. The van der Waals surface area contributed by atoms with Crippen LogP contribution in [0.15, 0.2) is 188 Å². The predicted molar refractivity (Wildman–Crippen MR) is 307 cm³/mol. The zero-order valence-corrected chi connectivity index (χ0v) is 46.4. The van der Waals surface area contributed by atoms with Crippen LogP contribution in [-0.4, -0.2) is 36.8 Å². The van der Waals surface area contributed by atoms with Crippen molar-refractivity contribution < 1.29 is 53.0 Å². The molecule has 0 aliphatic carbocycles. The minimum Gasteiger partial charge on any atom is -0.493 e. The van der Waals surface area contributed by atoms with Gasteiger partial charge in [-0.25, -0.2) is 9.78 Å². The number of aromatic nitrogens is 4. The van der Waals surface area contributed by atoms with Crippen molar-refractivity contribution in [3.63, 3.8) is 0 Å². The Morgan fingerprint density at radius 1 is 0.532 bits per heavy atom. The number of pyridine rings is 2. The van der Waals surface area contributed by atoms with Gasteiger partial charge in [-0.3, -0.25) is 8.78 Å². The summed E-state index contributed by atoms with van der Waals surface area (Å²) in [6.45, 7) is 3.24. The van der Waals surface area contributed by atoms with E-state index in [1.807, 2.05) is 18.2 Å². The summed E-state index contributed by atoms with van der Waals surface area (Å²) in [5, 5.41) is 14.5. The van der Waals surface area contributed by atoms with Gasteiger partial charge in [0, 0.05) is 83.1 Å². The Labute approximate surface area is 472 Å². The van der Waals surface area contributed by atoms with E-state index in [1.54, 1.807) is 36.5 Å². The Hall–Kier alpha value is -8.18. The molecule has 0 aliphatic heterocycles. The number of para-hydroxylation sites is 4. The maximum absolute atomic E-state index is 13.2. The first-order chi connectivity index (χ1) is 38.3. The van der Waals surface area contributed by atoms with Gasteiger partial charge >= 0.3 is 5.97 Å². The quantitative estimate of drug-likeness (QED) is 0.0533. The van der Waals surface area contributed by atoms with E-state index in [0.29, 0.717) is 23.8 Å². The molecule has 0 aliphatic rings. The fourth-order valence-electron chi connectivity index (χ4n) is 10.2. The maximum Gasteiger partial charge on any atom is 0.358 e. The Morgan fingerprint density at radius 2 is 1.03 bits per heavy atom. The summed E-state index contributed by atoms with van der Waals surface area (Å²) < 4.78 is 49.7. The van der Waals surface area contributed by atoms with Crippen LogP contribution in [-0.2, 0) is 33.3 Å². The Balaban J connectivity index is 0.000000438. The predicted octanol–water partition coefficient (Wildman–Crippen LogP) is 17.3. The third-order valence-corrected chi connectivity index (χ3v) is 13.9. The van der Waals surface area contributed by atoms with Crippen LogP contribution in [0.2, 0.25) is 0 Å². The van der Waals surface area contributed by atoms with Crippen LogP contribution in [0.3, 0.4) is 0 Å². The fourth-order valence-corrected chi connectivity index (χ4v) is 10.2. The fraction of sp³-hybridized carbons (Fsp3) is 0.209. The maximum atomic E-state index is 13.2. The molecule has 1 N–H and O–H groups in total. The number of rotatable bonds is 22. The molecule has 4 aromatic heterocycles. The SMILES string of the molecule is CCCCCCCCCCCCOc1cc(COc2cccnc2C(=O)O)cc(OCc2cc(-n3c4ccccc4c4ccccc43)cc(-n3c4ccccc4c4ccccc43)c2)c1.Fc1c[c-]c(-c2ccccn2)c(F)c1.[Ir]. The summed E-state index contributed by atoms with van der Waals surface area (Å²) in [6, 6.07) is 59.7. The van der Waals surface area contributed by atoms with Crippen LogP contribution in [0, 0.1) is 17.7 Å². The minimum absolute atomic E-state index is 0. The van der Waals surface area contributed by atoms with Crippen molar-refractivity contribution in [2.75, 3.05) is 6.61 Å². The van der Waals surface area contributed by atoms with Gasteiger partial charge in [0.1, 0.15) is 24.7 Å². The molecule has 0 saturated heterocycles. The van der Waals surface area contributed by atoms with Crippen LogP contribution >= 0.6 is 0 Å². The molecule has 0 unspecified atom stereocenters. The van der Waals surface area contributed by atoms with Gasteiger partial charge in [-0.2, -0.15) is 0 Å². The second kappa shape index (κ2) is 26.9. The van der Waals surface area contributed by atoms with Gasteiger partial charge in [-0.05, 0) is 96.0 Å². The Kier molecular flexibility index (Phi) is 18.9. The molecule has 7 aromatic carbocycles. The summed E-state index contributed by atoms with van der Waals surface area (Å²) in [4.78, 5) is 19.9. The molecule has 0 spiro atoms. The number of fused-ring (bicyclic) bond motifs is 6. The molecule has 79 heavy (non-hydrogen) atoms. The largest absolute Gasteiger partial charge is 0.493 e. The number of carbonyl (C=O) groups is 1. The number of carboxylic acid groups (broad SMARTS) is 1. The van der Waals surface area contributed by atoms with Crippen molar-refractivity contribution in [2.24, 2.45) is 0 Å².